The minimum absolute atomic E-state index is 0.0639. The van der Waals surface area contributed by atoms with Crippen LogP contribution in [0.1, 0.15) is 32.0 Å². The van der Waals surface area contributed by atoms with Crippen molar-refractivity contribution in [3.05, 3.63) is 16.3 Å². The number of carbonyl (C=O) groups is 1. The second-order valence-electron chi connectivity index (χ2n) is 6.89. The lowest BCUT2D eigenvalue weighted by molar-refractivity contribution is -0.134. The van der Waals surface area contributed by atoms with E-state index in [9.17, 15) is 14.7 Å². The van der Waals surface area contributed by atoms with E-state index >= 15 is 0 Å². The number of nitrogens with zero attached hydrogens (tertiary/aromatic N) is 4. The van der Waals surface area contributed by atoms with Gasteiger partial charge in [0.05, 0.1) is 12.1 Å². The molecule has 2 saturated heterocycles. The Bertz CT molecular complexity index is 645. The van der Waals surface area contributed by atoms with E-state index in [2.05, 4.69) is 10.4 Å². The lowest BCUT2D eigenvalue weighted by atomic mass is 9.92. The van der Waals surface area contributed by atoms with Gasteiger partial charge >= 0.3 is 5.69 Å². The van der Waals surface area contributed by atoms with Crippen LogP contribution in [0.4, 0.5) is 0 Å². The third-order valence-corrected chi connectivity index (χ3v) is 5.20. The number of likely N-dealkylation sites (tertiary alicyclic amines) is 1. The highest BCUT2D eigenvalue weighted by molar-refractivity contribution is 5.82. The van der Waals surface area contributed by atoms with E-state index in [0.29, 0.717) is 25.4 Å². The number of aryl methyl sites for hydroxylation is 1. The van der Waals surface area contributed by atoms with Gasteiger partial charge in [-0.05, 0) is 32.1 Å². The number of aliphatic hydroxyl groups is 1. The van der Waals surface area contributed by atoms with Gasteiger partial charge in [0.2, 0.25) is 5.91 Å². The molecule has 2 fully saturated rings. The molecule has 24 heavy (non-hydrogen) atoms. The molecule has 0 unspecified atom stereocenters. The van der Waals surface area contributed by atoms with Crippen LogP contribution in [0.5, 0.6) is 0 Å². The van der Waals surface area contributed by atoms with Crippen molar-refractivity contribution in [1.29, 1.82) is 0 Å². The van der Waals surface area contributed by atoms with Crippen LogP contribution >= 0.6 is 0 Å². The Kier molecular flexibility index (Phi) is 5.05. The number of aliphatic hydroxyl groups excluding tert-OH is 1. The summed E-state index contributed by atoms with van der Waals surface area (Å²) < 4.78 is 3.12. The van der Waals surface area contributed by atoms with Crippen molar-refractivity contribution in [2.24, 2.45) is 13.0 Å². The molecule has 0 spiro atoms. The highest BCUT2D eigenvalue weighted by atomic mass is 16.3. The standard InChI is InChI=1S/C16H27N5O3/c1-3-21-14(18-19(2)16(21)24)8-11-4-6-20(7-5-11)15(23)13-9-12(22)10-17-13/h11-13,17,22H,3-10H2,1-2H3/t12-,13+/m1/s1. The van der Waals surface area contributed by atoms with Crippen molar-refractivity contribution in [2.45, 2.75) is 51.3 Å². The van der Waals surface area contributed by atoms with Crippen LogP contribution in [-0.4, -0.2) is 62.0 Å². The quantitative estimate of drug-likeness (QED) is 0.743. The summed E-state index contributed by atoms with van der Waals surface area (Å²) in [6, 6.07) is -0.238. The first-order chi connectivity index (χ1) is 11.5. The predicted molar refractivity (Wildman–Crippen MR) is 88.6 cm³/mol. The van der Waals surface area contributed by atoms with Crippen LogP contribution < -0.4 is 11.0 Å². The van der Waals surface area contributed by atoms with Gasteiger partial charge in [-0.3, -0.25) is 9.36 Å². The van der Waals surface area contributed by atoms with Crippen molar-refractivity contribution >= 4 is 5.91 Å². The molecule has 8 nitrogen and oxygen atoms in total. The molecule has 0 radical (unpaired) electrons. The SMILES string of the molecule is CCn1c(CC2CCN(C(=O)[C@@H]3C[C@@H](O)CN3)CC2)nn(C)c1=O. The molecule has 2 N–H and O–H groups in total. The summed E-state index contributed by atoms with van der Waals surface area (Å²) in [6.45, 7) is 4.56. The lowest BCUT2D eigenvalue weighted by Crippen LogP contribution is -2.47. The van der Waals surface area contributed by atoms with Gasteiger partial charge in [-0.15, -0.1) is 0 Å². The number of carbonyl (C=O) groups excluding carboxylic acids is 1. The van der Waals surface area contributed by atoms with Gasteiger partial charge in [-0.1, -0.05) is 0 Å². The summed E-state index contributed by atoms with van der Waals surface area (Å²) in [5.41, 5.74) is -0.0639. The van der Waals surface area contributed by atoms with Crippen LogP contribution in [0.2, 0.25) is 0 Å². The number of hydrogen-bond donors (Lipinski definition) is 2. The van der Waals surface area contributed by atoms with Gasteiger partial charge in [0, 0.05) is 39.6 Å². The molecule has 1 aromatic rings. The molecule has 1 aromatic heterocycles. The lowest BCUT2D eigenvalue weighted by Gasteiger charge is -2.33. The zero-order chi connectivity index (χ0) is 17.3. The predicted octanol–water partition coefficient (Wildman–Crippen LogP) is -0.894. The van der Waals surface area contributed by atoms with Crippen LogP contribution in [0, 0.1) is 5.92 Å². The fraction of sp³-hybridized carbons (Fsp3) is 0.812. The van der Waals surface area contributed by atoms with Crippen molar-refractivity contribution < 1.29 is 9.90 Å². The van der Waals surface area contributed by atoms with Crippen molar-refractivity contribution in [1.82, 2.24) is 24.6 Å². The number of aromatic nitrogens is 3. The maximum absolute atomic E-state index is 12.5. The molecule has 0 aliphatic carbocycles. The Morgan fingerprint density at radius 2 is 2.08 bits per heavy atom. The molecule has 3 rings (SSSR count). The third kappa shape index (κ3) is 3.39. The molecular formula is C16H27N5O3. The average molecular weight is 337 g/mol. The van der Waals surface area contributed by atoms with Gasteiger partial charge in [0.1, 0.15) is 5.82 Å². The van der Waals surface area contributed by atoms with Crippen molar-refractivity contribution in [2.75, 3.05) is 19.6 Å². The summed E-state index contributed by atoms with van der Waals surface area (Å²) in [7, 11) is 1.68. The Morgan fingerprint density at radius 1 is 1.38 bits per heavy atom. The van der Waals surface area contributed by atoms with E-state index in [1.54, 1.807) is 11.6 Å². The fourth-order valence-corrected chi connectivity index (χ4v) is 3.77. The monoisotopic (exact) mass is 337 g/mol. The average Bonchev–Trinajstić information content (AvgIpc) is 3.12. The molecule has 0 bridgehead atoms. The molecule has 0 saturated carbocycles. The van der Waals surface area contributed by atoms with E-state index < -0.39 is 6.10 Å². The molecule has 1 amide bonds. The zero-order valence-corrected chi connectivity index (χ0v) is 14.4. The van der Waals surface area contributed by atoms with E-state index in [0.717, 1.165) is 38.2 Å². The van der Waals surface area contributed by atoms with Crippen molar-refractivity contribution in [3.8, 4) is 0 Å². The largest absolute Gasteiger partial charge is 0.392 e. The number of β-amino-alcohol motifs (C(OH)–C–C–N with tert-alkyl or cyclic N) is 1. The maximum Gasteiger partial charge on any atom is 0.345 e. The van der Waals surface area contributed by atoms with Gasteiger partial charge in [-0.25, -0.2) is 9.48 Å². The zero-order valence-electron chi connectivity index (χ0n) is 14.4. The summed E-state index contributed by atoms with van der Waals surface area (Å²) in [6.07, 6.45) is 2.73. The molecule has 2 aliphatic rings. The van der Waals surface area contributed by atoms with E-state index in [4.69, 9.17) is 0 Å². The van der Waals surface area contributed by atoms with Crippen LogP contribution in [0.25, 0.3) is 0 Å². The van der Waals surface area contributed by atoms with Gasteiger partial charge < -0.3 is 15.3 Å². The number of amides is 1. The first kappa shape index (κ1) is 17.2. The second kappa shape index (κ2) is 7.06. The van der Waals surface area contributed by atoms with Gasteiger partial charge in [0.15, 0.2) is 0 Å². The summed E-state index contributed by atoms with van der Waals surface area (Å²) in [5.74, 6) is 1.40. The highest BCUT2D eigenvalue weighted by Gasteiger charge is 2.33. The summed E-state index contributed by atoms with van der Waals surface area (Å²) in [4.78, 5) is 26.3. The number of hydrogen-bond acceptors (Lipinski definition) is 5. The van der Waals surface area contributed by atoms with Gasteiger partial charge in [0.25, 0.3) is 0 Å². The second-order valence-corrected chi connectivity index (χ2v) is 6.89. The molecule has 2 aliphatic heterocycles. The smallest absolute Gasteiger partial charge is 0.345 e. The number of nitrogens with one attached hydrogen (secondary N) is 1. The maximum atomic E-state index is 12.5. The Labute approximate surface area is 141 Å². The first-order valence-electron chi connectivity index (χ1n) is 8.82. The minimum atomic E-state index is -0.411. The molecule has 0 aromatic carbocycles. The molecule has 134 valence electrons. The molecule has 3 heterocycles. The van der Waals surface area contributed by atoms with E-state index in [-0.39, 0.29) is 17.6 Å². The van der Waals surface area contributed by atoms with Crippen LogP contribution in [-0.2, 0) is 24.8 Å². The highest BCUT2D eigenvalue weighted by Crippen LogP contribution is 2.22. The number of rotatable bonds is 4. The van der Waals surface area contributed by atoms with E-state index in [1.807, 2.05) is 11.8 Å². The summed E-state index contributed by atoms with van der Waals surface area (Å²) >= 11 is 0. The third-order valence-electron chi connectivity index (χ3n) is 5.20. The normalized spacial score (nSPS) is 25.4. The van der Waals surface area contributed by atoms with Gasteiger partial charge in [-0.2, -0.15) is 5.10 Å². The van der Waals surface area contributed by atoms with Crippen LogP contribution in [0.15, 0.2) is 4.79 Å². The Morgan fingerprint density at radius 3 is 2.67 bits per heavy atom. The topological polar surface area (TPSA) is 92.4 Å². The summed E-state index contributed by atoms with van der Waals surface area (Å²) in [5, 5.41) is 17.0. The molecule has 8 heteroatoms. The minimum Gasteiger partial charge on any atom is -0.392 e. The molecule has 2 atom stereocenters. The van der Waals surface area contributed by atoms with Crippen molar-refractivity contribution in [3.63, 3.8) is 0 Å². The fourth-order valence-electron chi connectivity index (χ4n) is 3.77. The molecular weight excluding hydrogens is 310 g/mol. The van der Waals surface area contributed by atoms with E-state index in [1.165, 1.54) is 4.68 Å². The Balaban J connectivity index is 1.55. The van der Waals surface area contributed by atoms with Crippen LogP contribution in [0.3, 0.4) is 0 Å². The Hall–Kier alpha value is -1.67. The number of piperidine rings is 1. The first-order valence-corrected chi connectivity index (χ1v) is 8.82.